The Balaban J connectivity index is 1.96. The molecule has 2 saturated carbocycles. The highest BCUT2D eigenvalue weighted by Crippen LogP contribution is 2.53. The van der Waals surface area contributed by atoms with Gasteiger partial charge in [0.1, 0.15) is 0 Å². The first-order valence-corrected chi connectivity index (χ1v) is 8.03. The third-order valence-electron chi connectivity index (χ3n) is 4.17. The third kappa shape index (κ3) is 1.63. The van der Waals surface area contributed by atoms with Gasteiger partial charge in [0.2, 0.25) is 0 Å². The van der Waals surface area contributed by atoms with Gasteiger partial charge >= 0.3 is 0 Å². The number of rotatable bonds is 2. The number of sulfone groups is 1. The highest BCUT2D eigenvalue weighted by Gasteiger charge is 2.57. The lowest BCUT2D eigenvalue weighted by Gasteiger charge is -2.52. The van der Waals surface area contributed by atoms with Crippen molar-refractivity contribution in [1.82, 2.24) is 0 Å². The van der Waals surface area contributed by atoms with Crippen molar-refractivity contribution in [3.63, 3.8) is 0 Å². The molecule has 2 fully saturated rings. The van der Waals surface area contributed by atoms with Crippen LogP contribution in [0.5, 0.6) is 0 Å². The molecule has 0 amide bonds. The van der Waals surface area contributed by atoms with Crippen LogP contribution in [0.1, 0.15) is 19.3 Å². The average Bonchev–Trinajstić information content (AvgIpc) is 2.38. The van der Waals surface area contributed by atoms with E-state index in [0.717, 1.165) is 19.3 Å². The zero-order chi connectivity index (χ0) is 12.0. The molecule has 0 spiro atoms. The lowest BCUT2D eigenvalue weighted by atomic mass is 9.64. The van der Waals surface area contributed by atoms with E-state index in [-0.39, 0.29) is 22.5 Å². The molecule has 0 radical (unpaired) electrons. The summed E-state index contributed by atoms with van der Waals surface area (Å²) in [6.07, 6.45) is 3.04. The Morgan fingerprint density at radius 2 is 1.65 bits per heavy atom. The summed E-state index contributed by atoms with van der Waals surface area (Å²) in [5.74, 6) is 0.334. The molecular formula is C13H15ClO2S. The maximum atomic E-state index is 12.5. The van der Waals surface area contributed by atoms with Gasteiger partial charge in [0.25, 0.3) is 0 Å². The van der Waals surface area contributed by atoms with Gasteiger partial charge in [0.05, 0.1) is 10.1 Å². The van der Waals surface area contributed by atoms with E-state index in [1.807, 2.05) is 6.07 Å². The van der Waals surface area contributed by atoms with Gasteiger partial charge in [0.15, 0.2) is 9.84 Å². The molecule has 4 heteroatoms. The second-order valence-corrected chi connectivity index (χ2v) is 7.64. The number of halogens is 1. The summed E-state index contributed by atoms with van der Waals surface area (Å²) in [4.78, 5) is 0.450. The van der Waals surface area contributed by atoms with Crippen molar-refractivity contribution in [2.24, 2.45) is 11.8 Å². The molecule has 2 aliphatic carbocycles. The van der Waals surface area contributed by atoms with Crippen molar-refractivity contribution in [2.45, 2.75) is 34.8 Å². The fraction of sp³-hybridized carbons (Fsp3) is 0.538. The summed E-state index contributed by atoms with van der Waals surface area (Å²) >= 11 is 6.24. The van der Waals surface area contributed by atoms with Crippen LogP contribution >= 0.6 is 11.6 Å². The number of hydrogen-bond acceptors (Lipinski definition) is 2. The first kappa shape index (κ1) is 11.5. The van der Waals surface area contributed by atoms with Gasteiger partial charge < -0.3 is 0 Å². The Kier molecular flexibility index (Phi) is 2.71. The first-order valence-electron chi connectivity index (χ1n) is 6.05. The molecule has 0 unspecified atom stereocenters. The minimum atomic E-state index is -3.18. The largest absolute Gasteiger partial charge is 0.223 e. The molecule has 2 bridgehead atoms. The summed E-state index contributed by atoms with van der Waals surface area (Å²) in [5.41, 5.74) is 0. The molecule has 2 aliphatic rings. The van der Waals surface area contributed by atoms with E-state index in [4.69, 9.17) is 11.6 Å². The lowest BCUT2D eigenvalue weighted by molar-refractivity contribution is 0.129. The zero-order valence-electron chi connectivity index (χ0n) is 9.42. The van der Waals surface area contributed by atoms with Crippen LogP contribution in [0.3, 0.4) is 0 Å². The topological polar surface area (TPSA) is 34.1 Å². The standard InChI is InChI=1S/C13H15ClO2S/c14-12-10-7-4-8-11(12)13(10)17(15,16)9-5-2-1-3-6-9/h1-3,5-6,10-13H,4,7-8H2/t10-,11-,12?,13?/m1/s1. The predicted molar refractivity (Wildman–Crippen MR) is 67.9 cm³/mol. The normalized spacial score (nSPS) is 36.3. The molecule has 0 aromatic heterocycles. The van der Waals surface area contributed by atoms with Gasteiger partial charge in [-0.3, -0.25) is 0 Å². The molecule has 2 atom stereocenters. The number of hydrogen-bond donors (Lipinski definition) is 0. The van der Waals surface area contributed by atoms with Crippen LogP contribution in [0.25, 0.3) is 0 Å². The first-order chi connectivity index (χ1) is 8.12. The second kappa shape index (κ2) is 3.99. The molecule has 0 aliphatic heterocycles. The maximum Gasteiger partial charge on any atom is 0.181 e. The van der Waals surface area contributed by atoms with Crippen LogP contribution in [0, 0.1) is 11.8 Å². The number of benzene rings is 1. The fourth-order valence-corrected chi connectivity index (χ4v) is 6.44. The molecule has 1 aromatic carbocycles. The predicted octanol–water partition coefficient (Wildman–Crippen LogP) is 2.87. The molecule has 3 rings (SSSR count). The molecule has 1 aromatic rings. The van der Waals surface area contributed by atoms with Gasteiger partial charge in [-0.15, -0.1) is 11.6 Å². The van der Waals surface area contributed by atoms with E-state index in [2.05, 4.69) is 0 Å². The van der Waals surface area contributed by atoms with Crippen LogP contribution < -0.4 is 0 Å². The van der Waals surface area contributed by atoms with Crippen molar-refractivity contribution < 1.29 is 8.42 Å². The van der Waals surface area contributed by atoms with Gasteiger partial charge in [-0.2, -0.15) is 0 Å². The third-order valence-corrected chi connectivity index (χ3v) is 7.16. The maximum absolute atomic E-state index is 12.5. The van der Waals surface area contributed by atoms with E-state index in [9.17, 15) is 8.42 Å². The number of alkyl halides is 1. The van der Waals surface area contributed by atoms with Crippen molar-refractivity contribution in [2.75, 3.05) is 0 Å². The van der Waals surface area contributed by atoms with Gasteiger partial charge in [-0.05, 0) is 36.8 Å². The number of fused-ring (bicyclic) bond motifs is 2. The quantitative estimate of drug-likeness (QED) is 0.775. The second-order valence-electron chi connectivity index (χ2n) is 5.03. The molecule has 0 heterocycles. The van der Waals surface area contributed by atoms with Crippen molar-refractivity contribution in [3.05, 3.63) is 30.3 Å². The van der Waals surface area contributed by atoms with E-state index in [1.54, 1.807) is 24.3 Å². The minimum Gasteiger partial charge on any atom is -0.223 e. The van der Waals surface area contributed by atoms with E-state index in [1.165, 1.54) is 0 Å². The monoisotopic (exact) mass is 270 g/mol. The van der Waals surface area contributed by atoms with E-state index >= 15 is 0 Å². The Hall–Kier alpha value is -0.540. The van der Waals surface area contributed by atoms with Crippen LogP contribution in [-0.2, 0) is 9.84 Å². The van der Waals surface area contributed by atoms with Gasteiger partial charge in [0, 0.05) is 5.38 Å². The summed E-state index contributed by atoms with van der Waals surface area (Å²) in [6, 6.07) is 8.77. The molecule has 0 saturated heterocycles. The van der Waals surface area contributed by atoms with Crippen LogP contribution in [-0.4, -0.2) is 19.0 Å². The van der Waals surface area contributed by atoms with Crippen molar-refractivity contribution in [3.8, 4) is 0 Å². The summed E-state index contributed by atoms with van der Waals surface area (Å²) in [5, 5.41) is -0.159. The molecule has 2 nitrogen and oxygen atoms in total. The van der Waals surface area contributed by atoms with E-state index in [0.29, 0.717) is 4.90 Å². The Labute approximate surface area is 107 Å². The zero-order valence-corrected chi connectivity index (χ0v) is 11.0. The van der Waals surface area contributed by atoms with Crippen LogP contribution in [0.4, 0.5) is 0 Å². The van der Waals surface area contributed by atoms with E-state index < -0.39 is 9.84 Å². The summed E-state index contributed by atoms with van der Waals surface area (Å²) < 4.78 is 25.0. The lowest BCUT2D eigenvalue weighted by Crippen LogP contribution is -2.58. The molecule has 17 heavy (non-hydrogen) atoms. The molecule has 0 N–H and O–H groups in total. The summed E-state index contributed by atoms with van der Waals surface area (Å²) in [6.45, 7) is 0. The summed E-state index contributed by atoms with van der Waals surface area (Å²) in [7, 11) is -3.18. The molecular weight excluding hydrogens is 256 g/mol. The highest BCUT2D eigenvalue weighted by atomic mass is 35.5. The average molecular weight is 271 g/mol. The fourth-order valence-electron chi connectivity index (χ4n) is 3.32. The van der Waals surface area contributed by atoms with Gasteiger partial charge in [-0.1, -0.05) is 24.6 Å². The smallest absolute Gasteiger partial charge is 0.181 e. The highest BCUT2D eigenvalue weighted by molar-refractivity contribution is 7.92. The molecule has 92 valence electrons. The Morgan fingerprint density at radius 1 is 1.06 bits per heavy atom. The van der Waals surface area contributed by atoms with Crippen LogP contribution in [0.2, 0.25) is 0 Å². The van der Waals surface area contributed by atoms with Crippen molar-refractivity contribution in [1.29, 1.82) is 0 Å². The SMILES string of the molecule is O=S(=O)(c1ccccc1)C1[C@@H]2CCC[C@@H]1C2Cl. The van der Waals surface area contributed by atoms with Crippen molar-refractivity contribution >= 4 is 21.4 Å². The van der Waals surface area contributed by atoms with Gasteiger partial charge in [-0.25, -0.2) is 8.42 Å². The minimum absolute atomic E-state index is 0.0761. The van der Waals surface area contributed by atoms with Crippen LogP contribution in [0.15, 0.2) is 35.2 Å². The Bertz CT molecular complexity index is 499. The Morgan fingerprint density at radius 3 is 2.18 bits per heavy atom.